The van der Waals surface area contributed by atoms with Gasteiger partial charge in [-0.1, -0.05) is 30.3 Å². The predicted octanol–water partition coefficient (Wildman–Crippen LogP) is 3.61. The molecule has 0 spiro atoms. The Hall–Kier alpha value is -1.87. The minimum Gasteiger partial charge on any atom is -0.371 e. The number of nitrogens with zero attached hydrogens (tertiary/aromatic N) is 1. The van der Waals surface area contributed by atoms with Crippen LogP contribution in [0.15, 0.2) is 54.6 Å². The fourth-order valence-corrected chi connectivity index (χ4v) is 2.42. The van der Waals surface area contributed by atoms with Gasteiger partial charge in [0.1, 0.15) is 5.82 Å². The van der Waals surface area contributed by atoms with Gasteiger partial charge in [0.25, 0.3) is 0 Å². The summed E-state index contributed by atoms with van der Waals surface area (Å²) in [6.45, 7) is 2.55. The van der Waals surface area contributed by atoms with Crippen molar-refractivity contribution in [2.75, 3.05) is 24.5 Å². The first-order chi connectivity index (χ1) is 10.3. The molecule has 0 aliphatic carbocycles. The smallest absolute Gasteiger partial charge is 0.123 e. The van der Waals surface area contributed by atoms with Crippen LogP contribution in [0.1, 0.15) is 18.4 Å². The van der Waals surface area contributed by atoms with E-state index in [9.17, 15) is 4.39 Å². The van der Waals surface area contributed by atoms with Crippen molar-refractivity contribution in [1.82, 2.24) is 0 Å². The predicted molar refractivity (Wildman–Crippen MR) is 87.0 cm³/mol. The van der Waals surface area contributed by atoms with E-state index in [0.717, 1.165) is 38.0 Å². The molecule has 0 aliphatic heterocycles. The Morgan fingerprint density at radius 2 is 1.52 bits per heavy atom. The number of benzene rings is 2. The lowest BCUT2D eigenvalue weighted by molar-refractivity contribution is 0.626. The average molecular weight is 286 g/mol. The zero-order valence-electron chi connectivity index (χ0n) is 12.3. The molecule has 0 radical (unpaired) electrons. The minimum atomic E-state index is -0.193. The van der Waals surface area contributed by atoms with Crippen LogP contribution in [0.2, 0.25) is 0 Å². The fraction of sp³-hybridized carbons (Fsp3) is 0.333. The first-order valence-electron chi connectivity index (χ1n) is 7.54. The molecule has 0 bridgehead atoms. The standard InChI is InChI=1S/C18H23FN2/c19-17-9-11-18(12-10-17)21(15-5-13-20)14-4-8-16-6-2-1-3-7-16/h1-3,6-7,9-12H,4-5,8,13-15,20H2. The molecular formula is C18H23FN2. The lowest BCUT2D eigenvalue weighted by atomic mass is 10.1. The van der Waals surface area contributed by atoms with E-state index in [1.54, 1.807) is 0 Å². The van der Waals surface area contributed by atoms with Gasteiger partial charge in [-0.05, 0) is 55.6 Å². The number of halogens is 1. The lowest BCUT2D eigenvalue weighted by Crippen LogP contribution is -2.27. The van der Waals surface area contributed by atoms with Crippen molar-refractivity contribution in [3.8, 4) is 0 Å². The molecule has 112 valence electrons. The van der Waals surface area contributed by atoms with Gasteiger partial charge in [-0.3, -0.25) is 0 Å². The molecule has 0 aliphatic rings. The molecule has 0 unspecified atom stereocenters. The number of hydrogen-bond acceptors (Lipinski definition) is 2. The van der Waals surface area contributed by atoms with Crippen molar-refractivity contribution in [2.45, 2.75) is 19.3 Å². The molecule has 3 heteroatoms. The third kappa shape index (κ3) is 5.20. The van der Waals surface area contributed by atoms with Crippen LogP contribution in [-0.2, 0) is 6.42 Å². The van der Waals surface area contributed by atoms with E-state index < -0.39 is 0 Å². The second kappa shape index (κ2) is 8.42. The van der Waals surface area contributed by atoms with E-state index >= 15 is 0 Å². The largest absolute Gasteiger partial charge is 0.371 e. The summed E-state index contributed by atoms with van der Waals surface area (Å²) in [5.41, 5.74) is 8.04. The Balaban J connectivity index is 1.91. The van der Waals surface area contributed by atoms with E-state index in [1.165, 1.54) is 17.7 Å². The Morgan fingerprint density at radius 1 is 0.857 bits per heavy atom. The first kappa shape index (κ1) is 15.5. The monoisotopic (exact) mass is 286 g/mol. The fourth-order valence-electron chi connectivity index (χ4n) is 2.42. The molecule has 0 saturated heterocycles. The molecule has 0 amide bonds. The summed E-state index contributed by atoms with van der Waals surface area (Å²) in [7, 11) is 0. The molecule has 21 heavy (non-hydrogen) atoms. The van der Waals surface area contributed by atoms with E-state index in [0.29, 0.717) is 6.54 Å². The van der Waals surface area contributed by atoms with Crippen molar-refractivity contribution < 1.29 is 4.39 Å². The van der Waals surface area contributed by atoms with E-state index in [1.807, 2.05) is 18.2 Å². The van der Waals surface area contributed by atoms with Crippen LogP contribution in [0.25, 0.3) is 0 Å². The third-order valence-electron chi connectivity index (χ3n) is 3.56. The molecule has 2 aromatic carbocycles. The summed E-state index contributed by atoms with van der Waals surface area (Å²) in [6.07, 6.45) is 3.08. The molecular weight excluding hydrogens is 263 g/mol. The van der Waals surface area contributed by atoms with Crippen molar-refractivity contribution >= 4 is 5.69 Å². The summed E-state index contributed by atoms with van der Waals surface area (Å²) < 4.78 is 13.0. The summed E-state index contributed by atoms with van der Waals surface area (Å²) in [4.78, 5) is 2.29. The molecule has 2 N–H and O–H groups in total. The zero-order chi connectivity index (χ0) is 14.9. The molecule has 2 rings (SSSR count). The van der Waals surface area contributed by atoms with Crippen molar-refractivity contribution in [1.29, 1.82) is 0 Å². The van der Waals surface area contributed by atoms with E-state index in [-0.39, 0.29) is 5.82 Å². The van der Waals surface area contributed by atoms with E-state index in [4.69, 9.17) is 5.73 Å². The number of nitrogens with two attached hydrogens (primary N) is 1. The Morgan fingerprint density at radius 3 is 2.19 bits per heavy atom. The van der Waals surface area contributed by atoms with Crippen LogP contribution >= 0.6 is 0 Å². The highest BCUT2D eigenvalue weighted by molar-refractivity contribution is 5.46. The van der Waals surface area contributed by atoms with Gasteiger partial charge >= 0.3 is 0 Å². The zero-order valence-corrected chi connectivity index (χ0v) is 12.3. The van der Waals surface area contributed by atoms with Gasteiger partial charge in [0.2, 0.25) is 0 Å². The van der Waals surface area contributed by atoms with Gasteiger partial charge in [0, 0.05) is 18.8 Å². The van der Waals surface area contributed by atoms with Crippen molar-refractivity contribution in [3.05, 3.63) is 66.0 Å². The van der Waals surface area contributed by atoms with Gasteiger partial charge < -0.3 is 10.6 Å². The van der Waals surface area contributed by atoms with E-state index in [2.05, 4.69) is 29.2 Å². The van der Waals surface area contributed by atoms with Gasteiger partial charge in [0.15, 0.2) is 0 Å². The maximum absolute atomic E-state index is 13.0. The van der Waals surface area contributed by atoms with Crippen LogP contribution in [-0.4, -0.2) is 19.6 Å². The number of aryl methyl sites for hydroxylation is 1. The van der Waals surface area contributed by atoms with Crippen LogP contribution in [0, 0.1) is 5.82 Å². The topological polar surface area (TPSA) is 29.3 Å². The molecule has 0 fully saturated rings. The van der Waals surface area contributed by atoms with Gasteiger partial charge in [-0.2, -0.15) is 0 Å². The Bertz CT molecular complexity index is 511. The lowest BCUT2D eigenvalue weighted by Gasteiger charge is -2.24. The minimum absolute atomic E-state index is 0.193. The van der Waals surface area contributed by atoms with Crippen molar-refractivity contribution in [2.24, 2.45) is 5.73 Å². The van der Waals surface area contributed by atoms with Gasteiger partial charge in [0.05, 0.1) is 0 Å². The third-order valence-corrected chi connectivity index (χ3v) is 3.56. The molecule has 2 nitrogen and oxygen atoms in total. The van der Waals surface area contributed by atoms with Crippen LogP contribution < -0.4 is 10.6 Å². The Labute approximate surface area is 126 Å². The normalized spacial score (nSPS) is 10.6. The summed E-state index contributed by atoms with van der Waals surface area (Å²) in [5, 5.41) is 0. The maximum Gasteiger partial charge on any atom is 0.123 e. The average Bonchev–Trinajstić information content (AvgIpc) is 2.53. The highest BCUT2D eigenvalue weighted by atomic mass is 19.1. The summed E-state index contributed by atoms with van der Waals surface area (Å²) in [6, 6.07) is 17.2. The maximum atomic E-state index is 13.0. The molecule has 0 atom stereocenters. The van der Waals surface area contributed by atoms with Gasteiger partial charge in [-0.15, -0.1) is 0 Å². The second-order valence-electron chi connectivity index (χ2n) is 5.19. The highest BCUT2D eigenvalue weighted by Crippen LogP contribution is 2.16. The molecule has 0 saturated carbocycles. The SMILES string of the molecule is NCCCN(CCCc1ccccc1)c1ccc(F)cc1. The second-order valence-corrected chi connectivity index (χ2v) is 5.19. The van der Waals surface area contributed by atoms with Crippen LogP contribution in [0.4, 0.5) is 10.1 Å². The number of rotatable bonds is 8. The summed E-state index contributed by atoms with van der Waals surface area (Å²) >= 11 is 0. The highest BCUT2D eigenvalue weighted by Gasteiger charge is 2.06. The Kier molecular flexibility index (Phi) is 6.22. The van der Waals surface area contributed by atoms with Crippen molar-refractivity contribution in [3.63, 3.8) is 0 Å². The molecule has 0 aromatic heterocycles. The number of anilines is 1. The molecule has 0 heterocycles. The number of hydrogen-bond donors (Lipinski definition) is 1. The quantitative estimate of drug-likeness (QED) is 0.803. The summed E-state index contributed by atoms with van der Waals surface area (Å²) in [5.74, 6) is -0.193. The first-order valence-corrected chi connectivity index (χ1v) is 7.54. The van der Waals surface area contributed by atoms with Gasteiger partial charge in [-0.25, -0.2) is 4.39 Å². The van der Waals surface area contributed by atoms with Crippen LogP contribution in [0.5, 0.6) is 0 Å². The van der Waals surface area contributed by atoms with Crippen LogP contribution in [0.3, 0.4) is 0 Å². The molecule has 2 aromatic rings.